The lowest BCUT2D eigenvalue weighted by Crippen LogP contribution is -2.48. The predicted molar refractivity (Wildman–Crippen MR) is 167 cm³/mol. The molecule has 0 radical (unpaired) electrons. The molecule has 1 atom stereocenters. The lowest BCUT2D eigenvalue weighted by Gasteiger charge is -2.32. The molecule has 5 rings (SSSR count). The Morgan fingerprint density at radius 1 is 1.14 bits per heavy atom. The van der Waals surface area contributed by atoms with E-state index in [2.05, 4.69) is 60.8 Å². The first-order valence-electron chi connectivity index (χ1n) is 15.4. The smallest absolute Gasteiger partial charge is 0.331 e. The largest absolute Gasteiger partial charge is 0.458 e. The molecule has 0 saturated carbocycles. The molecule has 2 aromatic heterocycles. The zero-order chi connectivity index (χ0) is 30.4. The van der Waals surface area contributed by atoms with Crippen LogP contribution in [-0.4, -0.2) is 59.7 Å². The molecule has 10 nitrogen and oxygen atoms in total. The summed E-state index contributed by atoms with van der Waals surface area (Å²) in [6, 6.07) is 10.6. The summed E-state index contributed by atoms with van der Waals surface area (Å²) in [4.78, 5) is 37.6. The third kappa shape index (κ3) is 7.60. The molecular formula is C33H44N7O3+. The van der Waals surface area contributed by atoms with Crippen LogP contribution in [0.5, 0.6) is 0 Å². The number of ether oxygens (including phenoxy) is 1. The fourth-order valence-electron chi connectivity index (χ4n) is 5.77. The fourth-order valence-corrected chi connectivity index (χ4v) is 5.77. The number of benzene rings is 1. The van der Waals surface area contributed by atoms with E-state index in [1.807, 2.05) is 26.8 Å². The van der Waals surface area contributed by atoms with E-state index in [9.17, 15) is 9.59 Å². The number of carbonyl (C=O) groups excluding carboxylic acids is 2. The van der Waals surface area contributed by atoms with Crippen molar-refractivity contribution in [3.05, 3.63) is 71.8 Å². The number of fused-ring (bicyclic) bond motifs is 1. The number of amides is 1. The van der Waals surface area contributed by atoms with Crippen molar-refractivity contribution in [2.24, 2.45) is 0 Å². The SMILES string of the molecule is CCc1c(NC[C@H](NC(=O)c2ccccc2)C(=O)OC(C)(C)C)ncnc1N1CCC([n+]2ccc3c(c2)NCCC3)CC1. The van der Waals surface area contributed by atoms with E-state index in [4.69, 9.17) is 4.74 Å². The van der Waals surface area contributed by atoms with Gasteiger partial charge >= 0.3 is 5.97 Å². The minimum Gasteiger partial charge on any atom is -0.458 e. The molecule has 1 fully saturated rings. The van der Waals surface area contributed by atoms with Crippen molar-refractivity contribution in [2.75, 3.05) is 41.7 Å². The quantitative estimate of drug-likeness (QED) is 0.254. The van der Waals surface area contributed by atoms with Crippen molar-refractivity contribution in [1.29, 1.82) is 0 Å². The second kappa shape index (κ2) is 13.4. The number of hydrogen-bond donors (Lipinski definition) is 3. The average Bonchev–Trinajstić information content (AvgIpc) is 3.02. The minimum absolute atomic E-state index is 0.127. The summed E-state index contributed by atoms with van der Waals surface area (Å²) in [5.41, 5.74) is 3.44. The molecule has 228 valence electrons. The Morgan fingerprint density at radius 2 is 1.91 bits per heavy atom. The maximum absolute atomic E-state index is 13.1. The molecule has 3 aromatic rings. The van der Waals surface area contributed by atoms with Gasteiger partial charge in [-0.2, -0.15) is 0 Å². The van der Waals surface area contributed by atoms with Crippen LogP contribution in [0, 0.1) is 0 Å². The first kappa shape index (κ1) is 30.3. The van der Waals surface area contributed by atoms with Crippen LogP contribution in [0.4, 0.5) is 17.3 Å². The molecule has 1 amide bonds. The summed E-state index contributed by atoms with van der Waals surface area (Å²) in [5, 5.41) is 9.72. The van der Waals surface area contributed by atoms with E-state index in [1.165, 1.54) is 17.7 Å². The zero-order valence-electron chi connectivity index (χ0n) is 25.7. The molecule has 1 saturated heterocycles. The van der Waals surface area contributed by atoms with Gasteiger partial charge in [-0.1, -0.05) is 25.1 Å². The summed E-state index contributed by atoms with van der Waals surface area (Å²) in [7, 11) is 0. The van der Waals surface area contributed by atoms with E-state index in [0.717, 1.165) is 56.7 Å². The van der Waals surface area contributed by atoms with Crippen LogP contribution >= 0.6 is 0 Å². The van der Waals surface area contributed by atoms with Gasteiger partial charge in [0.1, 0.15) is 35.3 Å². The van der Waals surface area contributed by atoms with E-state index in [0.29, 0.717) is 17.4 Å². The Morgan fingerprint density at radius 3 is 2.63 bits per heavy atom. The highest BCUT2D eigenvalue weighted by atomic mass is 16.6. The number of piperidine rings is 1. The summed E-state index contributed by atoms with van der Waals surface area (Å²) < 4.78 is 8.00. The van der Waals surface area contributed by atoms with Crippen molar-refractivity contribution in [1.82, 2.24) is 15.3 Å². The minimum atomic E-state index is -0.908. The lowest BCUT2D eigenvalue weighted by atomic mass is 10.0. The van der Waals surface area contributed by atoms with Gasteiger partial charge in [0.15, 0.2) is 18.4 Å². The fraction of sp³-hybridized carbons (Fsp3) is 0.485. The van der Waals surface area contributed by atoms with Gasteiger partial charge in [0, 0.05) is 56.2 Å². The van der Waals surface area contributed by atoms with Crippen molar-refractivity contribution in [3.63, 3.8) is 0 Å². The number of carbonyl (C=O) groups is 2. The van der Waals surface area contributed by atoms with Gasteiger partial charge in [0.05, 0.1) is 0 Å². The van der Waals surface area contributed by atoms with E-state index >= 15 is 0 Å². The Bertz CT molecular complexity index is 1420. The number of esters is 1. The zero-order valence-corrected chi connectivity index (χ0v) is 25.7. The molecule has 43 heavy (non-hydrogen) atoms. The molecule has 10 heteroatoms. The number of aromatic nitrogens is 3. The Kier molecular flexibility index (Phi) is 9.43. The molecule has 0 bridgehead atoms. The van der Waals surface area contributed by atoms with Crippen molar-refractivity contribution >= 4 is 29.2 Å². The summed E-state index contributed by atoms with van der Waals surface area (Å²) in [6.45, 7) is 10.5. The molecule has 1 aromatic carbocycles. The number of anilines is 3. The van der Waals surface area contributed by atoms with E-state index in [1.54, 1.807) is 30.6 Å². The molecule has 2 aliphatic rings. The molecule has 0 aliphatic carbocycles. The van der Waals surface area contributed by atoms with Crippen LogP contribution in [-0.2, 0) is 22.4 Å². The van der Waals surface area contributed by atoms with E-state index < -0.39 is 17.6 Å². The van der Waals surface area contributed by atoms with Crippen LogP contribution < -0.4 is 25.4 Å². The number of nitrogens with one attached hydrogen (secondary N) is 3. The van der Waals surface area contributed by atoms with Gasteiger partial charge < -0.3 is 25.6 Å². The van der Waals surface area contributed by atoms with Crippen LogP contribution in [0.2, 0.25) is 0 Å². The number of nitrogens with zero attached hydrogens (tertiary/aromatic N) is 4. The third-order valence-electron chi connectivity index (χ3n) is 7.98. The second-order valence-corrected chi connectivity index (χ2v) is 12.3. The van der Waals surface area contributed by atoms with Gasteiger partial charge in [-0.05, 0) is 57.7 Å². The van der Waals surface area contributed by atoms with Crippen molar-refractivity contribution in [3.8, 4) is 0 Å². The highest BCUT2D eigenvalue weighted by Crippen LogP contribution is 2.29. The molecule has 4 heterocycles. The monoisotopic (exact) mass is 586 g/mol. The Labute approximate surface area is 254 Å². The van der Waals surface area contributed by atoms with Crippen LogP contribution in [0.1, 0.15) is 74.5 Å². The van der Waals surface area contributed by atoms with Crippen molar-refractivity contribution in [2.45, 2.75) is 77.5 Å². The standard InChI is InChI=1S/C33H43N7O3/c1-5-26-29(35-20-27(32(42)43-33(2,3)4)38-31(41)24-10-7-6-8-11-24)36-22-37-30(26)39-18-14-25(15-19-39)40-17-13-23-12-9-16-34-28(23)21-40/h6-8,10-11,13,17,21-22,25,27,34H,5,9,12,14-16,18-20H2,1-4H3,(H-,35,36,37,38,41)/p+1/t27-/m0/s1. The highest BCUT2D eigenvalue weighted by molar-refractivity contribution is 5.97. The molecule has 0 unspecified atom stereocenters. The third-order valence-corrected chi connectivity index (χ3v) is 7.98. The maximum Gasteiger partial charge on any atom is 0.331 e. The first-order chi connectivity index (χ1) is 20.7. The van der Waals surface area contributed by atoms with Crippen LogP contribution in [0.3, 0.4) is 0 Å². The van der Waals surface area contributed by atoms with Crippen molar-refractivity contribution < 1.29 is 18.9 Å². The number of rotatable bonds is 9. The summed E-state index contributed by atoms with van der Waals surface area (Å²) >= 11 is 0. The van der Waals surface area contributed by atoms with Gasteiger partial charge in [0.2, 0.25) is 0 Å². The molecular weight excluding hydrogens is 542 g/mol. The van der Waals surface area contributed by atoms with Gasteiger partial charge in [0.25, 0.3) is 5.91 Å². The van der Waals surface area contributed by atoms with Gasteiger partial charge in [-0.3, -0.25) is 4.79 Å². The van der Waals surface area contributed by atoms with E-state index in [-0.39, 0.29) is 12.5 Å². The molecule has 2 aliphatic heterocycles. The predicted octanol–water partition coefficient (Wildman–Crippen LogP) is 4.08. The molecule has 3 N–H and O–H groups in total. The maximum atomic E-state index is 13.1. The average molecular weight is 587 g/mol. The molecule has 0 spiro atoms. The first-order valence-corrected chi connectivity index (χ1v) is 15.4. The number of pyridine rings is 1. The summed E-state index contributed by atoms with van der Waals surface area (Å²) in [5.74, 6) is 0.728. The second-order valence-electron chi connectivity index (χ2n) is 12.3. The summed E-state index contributed by atoms with van der Waals surface area (Å²) in [6.07, 6.45) is 11.2. The van der Waals surface area contributed by atoms with Gasteiger partial charge in [-0.15, -0.1) is 0 Å². The number of hydrogen-bond acceptors (Lipinski definition) is 8. The van der Waals surface area contributed by atoms with Gasteiger partial charge in [-0.25, -0.2) is 19.3 Å². The van der Waals surface area contributed by atoms with Crippen LogP contribution in [0.15, 0.2) is 55.1 Å². The topological polar surface area (TPSA) is 112 Å². The normalized spacial score (nSPS) is 16.0. The Balaban J connectivity index is 1.27. The number of aryl methyl sites for hydroxylation is 1. The van der Waals surface area contributed by atoms with Crippen LogP contribution in [0.25, 0.3) is 0 Å². The Hall–Kier alpha value is -4.21. The highest BCUT2D eigenvalue weighted by Gasteiger charge is 2.30. The lowest BCUT2D eigenvalue weighted by molar-refractivity contribution is -0.724.